The summed E-state index contributed by atoms with van der Waals surface area (Å²) in [5.41, 5.74) is 3.02. The van der Waals surface area contributed by atoms with E-state index in [1.165, 1.54) is 80.4 Å². The predicted octanol–water partition coefficient (Wildman–Crippen LogP) is 10.6. The third kappa shape index (κ3) is 6.18. The van der Waals surface area contributed by atoms with E-state index in [1.54, 1.807) is 5.31 Å². The molecule has 3 aliphatic rings. The lowest BCUT2D eigenvalue weighted by molar-refractivity contribution is 0.407. The standard InChI is InChI=1S/C37H43BrOP2/c1-39-34-26-15-14-25-33(34)36-35(40(29-17-6-2-7-18-29)30-19-8-3-9-20-30)27-16-28-37(36,38)41(31-21-10-4-11-22-31)32-23-12-5-13-24-32/h4-5,10-16,21-30,36H,2-3,6-9,17-20H2,1H3. The monoisotopic (exact) mass is 644 g/mol. The molecule has 3 aromatic carbocycles. The van der Waals surface area contributed by atoms with Crippen molar-refractivity contribution in [3.63, 3.8) is 0 Å². The van der Waals surface area contributed by atoms with Crippen molar-refractivity contribution in [1.82, 2.24) is 0 Å². The molecule has 6 rings (SSSR count). The fourth-order valence-electron chi connectivity index (χ4n) is 7.54. The number of alkyl halides is 1. The van der Waals surface area contributed by atoms with Gasteiger partial charge in [0, 0.05) is 11.5 Å². The van der Waals surface area contributed by atoms with Gasteiger partial charge in [-0.05, 0) is 66.9 Å². The van der Waals surface area contributed by atoms with Gasteiger partial charge in [-0.15, -0.1) is 0 Å². The van der Waals surface area contributed by atoms with Gasteiger partial charge >= 0.3 is 0 Å². The van der Waals surface area contributed by atoms with Crippen LogP contribution in [0.3, 0.4) is 0 Å². The van der Waals surface area contributed by atoms with Gasteiger partial charge in [0.1, 0.15) is 5.75 Å². The van der Waals surface area contributed by atoms with Crippen molar-refractivity contribution < 1.29 is 4.74 Å². The van der Waals surface area contributed by atoms with Crippen LogP contribution >= 0.6 is 31.8 Å². The molecule has 2 unspecified atom stereocenters. The number of hydrogen-bond acceptors (Lipinski definition) is 1. The van der Waals surface area contributed by atoms with Crippen LogP contribution in [0.5, 0.6) is 5.75 Å². The Morgan fingerprint density at radius 3 is 1.73 bits per heavy atom. The molecule has 2 fully saturated rings. The minimum Gasteiger partial charge on any atom is -0.496 e. The molecule has 0 bridgehead atoms. The second-order valence-electron chi connectivity index (χ2n) is 11.9. The van der Waals surface area contributed by atoms with Crippen LogP contribution < -0.4 is 15.3 Å². The first-order valence-corrected chi connectivity index (χ1v) is 19.2. The SMILES string of the molecule is COc1ccccc1C1C(P(C2CCCCC2)C2CCCCC2)=CC=CC1(Br)P(c1ccccc1)c1ccccc1. The molecule has 3 aliphatic carbocycles. The van der Waals surface area contributed by atoms with Crippen molar-refractivity contribution in [3.05, 3.63) is 114 Å². The molecule has 41 heavy (non-hydrogen) atoms. The van der Waals surface area contributed by atoms with Gasteiger partial charge in [-0.2, -0.15) is 0 Å². The minimum atomic E-state index is -0.774. The fourth-order valence-corrected chi connectivity index (χ4v) is 16.7. The van der Waals surface area contributed by atoms with Crippen molar-refractivity contribution in [1.29, 1.82) is 0 Å². The molecule has 0 heterocycles. The van der Waals surface area contributed by atoms with Gasteiger partial charge in [-0.1, -0.05) is 159 Å². The molecular formula is C37H43BrOP2. The first-order valence-electron chi connectivity index (χ1n) is 15.6. The van der Waals surface area contributed by atoms with Crippen LogP contribution in [0, 0.1) is 0 Å². The van der Waals surface area contributed by atoms with Gasteiger partial charge in [0.15, 0.2) is 0 Å². The molecule has 0 radical (unpaired) electrons. The zero-order valence-electron chi connectivity index (χ0n) is 24.3. The number of rotatable bonds is 8. The van der Waals surface area contributed by atoms with E-state index < -0.39 is 7.92 Å². The van der Waals surface area contributed by atoms with Crippen LogP contribution in [0.25, 0.3) is 0 Å². The van der Waals surface area contributed by atoms with Gasteiger partial charge in [0.25, 0.3) is 0 Å². The average Bonchev–Trinajstić information content (AvgIpc) is 3.03. The van der Waals surface area contributed by atoms with E-state index in [2.05, 4.69) is 119 Å². The molecule has 0 saturated heterocycles. The van der Waals surface area contributed by atoms with Crippen molar-refractivity contribution in [2.24, 2.45) is 0 Å². The molecule has 0 aromatic heterocycles. The summed E-state index contributed by atoms with van der Waals surface area (Å²) in [6, 6.07) is 31.4. The lowest BCUT2D eigenvalue weighted by Gasteiger charge is -2.49. The Balaban J connectivity index is 1.56. The molecule has 4 heteroatoms. The molecule has 2 atom stereocenters. The van der Waals surface area contributed by atoms with E-state index in [9.17, 15) is 0 Å². The summed E-state index contributed by atoms with van der Waals surface area (Å²) in [6.45, 7) is 0. The highest BCUT2D eigenvalue weighted by molar-refractivity contribution is 9.11. The quantitative estimate of drug-likeness (QED) is 0.175. The summed E-state index contributed by atoms with van der Waals surface area (Å²) in [7, 11) is 0.791. The third-order valence-corrected chi connectivity index (χ3v) is 17.5. The highest BCUT2D eigenvalue weighted by Crippen LogP contribution is 2.72. The second kappa shape index (κ2) is 13.7. The molecule has 1 nitrogen and oxygen atoms in total. The van der Waals surface area contributed by atoms with E-state index in [0.717, 1.165) is 17.1 Å². The number of ether oxygens (including phenoxy) is 1. The Morgan fingerprint density at radius 2 is 1.20 bits per heavy atom. The van der Waals surface area contributed by atoms with Crippen LogP contribution in [0.2, 0.25) is 0 Å². The maximum Gasteiger partial charge on any atom is 0.122 e. The predicted molar refractivity (Wildman–Crippen MR) is 184 cm³/mol. The second-order valence-corrected chi connectivity index (χ2v) is 19.0. The number of benzene rings is 3. The van der Waals surface area contributed by atoms with Crippen LogP contribution in [0.4, 0.5) is 0 Å². The Hall–Kier alpha value is -1.72. The topological polar surface area (TPSA) is 9.23 Å². The van der Waals surface area contributed by atoms with Crippen LogP contribution in [-0.2, 0) is 0 Å². The van der Waals surface area contributed by atoms with Crippen LogP contribution in [0.1, 0.15) is 75.7 Å². The van der Waals surface area contributed by atoms with Crippen LogP contribution in [-0.4, -0.2) is 22.5 Å². The fraction of sp³-hybridized carbons (Fsp3) is 0.405. The molecule has 0 aliphatic heterocycles. The number of hydrogen-bond donors (Lipinski definition) is 0. The van der Waals surface area contributed by atoms with Gasteiger partial charge in [0.05, 0.1) is 11.2 Å². The molecule has 0 spiro atoms. The normalized spacial score (nSPS) is 24.0. The number of para-hydroxylation sites is 1. The first-order chi connectivity index (χ1) is 20.2. The molecular weight excluding hydrogens is 602 g/mol. The van der Waals surface area contributed by atoms with E-state index >= 15 is 0 Å². The highest BCUT2D eigenvalue weighted by Gasteiger charge is 2.50. The maximum absolute atomic E-state index is 6.14. The summed E-state index contributed by atoms with van der Waals surface area (Å²) in [6.07, 6.45) is 21.5. The van der Waals surface area contributed by atoms with E-state index in [0.29, 0.717) is 0 Å². The van der Waals surface area contributed by atoms with Gasteiger partial charge in [-0.25, -0.2) is 0 Å². The number of halogens is 1. The molecule has 214 valence electrons. The summed E-state index contributed by atoms with van der Waals surface area (Å²) < 4.78 is 5.87. The van der Waals surface area contributed by atoms with Crippen molar-refractivity contribution >= 4 is 42.4 Å². The van der Waals surface area contributed by atoms with E-state index in [4.69, 9.17) is 4.74 Å². The highest BCUT2D eigenvalue weighted by atomic mass is 79.9. The van der Waals surface area contributed by atoms with Crippen molar-refractivity contribution in [3.8, 4) is 5.75 Å². The third-order valence-electron chi connectivity index (χ3n) is 9.35. The minimum absolute atomic E-state index is 0.213. The van der Waals surface area contributed by atoms with Gasteiger partial charge in [-0.3, -0.25) is 0 Å². The average molecular weight is 646 g/mol. The smallest absolute Gasteiger partial charge is 0.122 e. The molecule has 3 aromatic rings. The van der Waals surface area contributed by atoms with Gasteiger partial charge in [0.2, 0.25) is 0 Å². The number of methoxy groups -OCH3 is 1. The molecule has 0 amide bonds. The largest absolute Gasteiger partial charge is 0.496 e. The molecule has 2 saturated carbocycles. The Kier molecular flexibility index (Phi) is 9.82. The first kappa shape index (κ1) is 29.4. The Labute approximate surface area is 258 Å². The zero-order valence-corrected chi connectivity index (χ0v) is 27.7. The Morgan fingerprint density at radius 1 is 0.683 bits per heavy atom. The number of allylic oxidation sites excluding steroid dienone is 4. The summed E-state index contributed by atoms with van der Waals surface area (Å²) in [5, 5.41) is 4.54. The maximum atomic E-state index is 6.14. The lowest BCUT2D eigenvalue weighted by Crippen LogP contribution is -2.37. The van der Waals surface area contributed by atoms with Crippen LogP contribution in [0.15, 0.2) is 108 Å². The van der Waals surface area contributed by atoms with Gasteiger partial charge < -0.3 is 4.74 Å². The summed E-state index contributed by atoms with van der Waals surface area (Å²) in [4.78, 5) is 0. The summed E-state index contributed by atoms with van der Waals surface area (Å²) >= 11 is 4.62. The zero-order chi connectivity index (χ0) is 28.1. The van der Waals surface area contributed by atoms with Crippen molar-refractivity contribution in [2.75, 3.05) is 7.11 Å². The summed E-state index contributed by atoms with van der Waals surface area (Å²) in [5.74, 6) is 1.23. The lowest BCUT2D eigenvalue weighted by atomic mass is 9.90. The Bertz CT molecular complexity index is 1270. The van der Waals surface area contributed by atoms with E-state index in [-0.39, 0.29) is 17.9 Å². The molecule has 0 N–H and O–H groups in total. The van der Waals surface area contributed by atoms with Crippen molar-refractivity contribution in [2.45, 2.75) is 85.5 Å². The van der Waals surface area contributed by atoms with E-state index in [1.807, 2.05) is 7.11 Å².